The molecule has 10 heteroatoms. The molecule has 2 fully saturated rings. The molecule has 3 aromatic rings. The fraction of sp³-hybridized carbons (Fsp3) is 0.515. The number of aromatic amines is 1. The second-order valence-electron chi connectivity index (χ2n) is 11.5. The predicted molar refractivity (Wildman–Crippen MR) is 167 cm³/mol. The number of H-pyrrole nitrogens is 1. The van der Waals surface area contributed by atoms with Gasteiger partial charge in [-0.1, -0.05) is 37.5 Å². The normalized spacial score (nSPS) is 17.4. The number of nitrogens with zero attached hydrogens (tertiary/aromatic N) is 2. The SMILES string of the molecule is COc1cc(CNC(=O)C(Cc2c[nH]c3ccccc23)NC(=O)CN2CCN(C3CCCCC3)CC2)cc(OC)c1OC. The lowest BCUT2D eigenvalue weighted by molar-refractivity contribution is -0.129. The number of amides is 2. The maximum Gasteiger partial charge on any atom is 0.243 e. The van der Waals surface area contributed by atoms with Gasteiger partial charge in [-0.15, -0.1) is 0 Å². The first-order chi connectivity index (χ1) is 21.0. The molecule has 5 rings (SSSR count). The van der Waals surface area contributed by atoms with Crippen LogP contribution in [-0.2, 0) is 22.6 Å². The molecule has 1 atom stereocenters. The smallest absolute Gasteiger partial charge is 0.243 e. The molecule has 2 aliphatic rings. The molecule has 1 aliphatic heterocycles. The van der Waals surface area contributed by atoms with Crippen LogP contribution in [0.5, 0.6) is 17.2 Å². The zero-order chi connectivity index (χ0) is 30.2. The Balaban J connectivity index is 1.24. The van der Waals surface area contributed by atoms with Crippen LogP contribution in [0.2, 0.25) is 0 Å². The van der Waals surface area contributed by atoms with Crippen molar-refractivity contribution in [3.8, 4) is 17.2 Å². The molecule has 1 saturated heterocycles. The van der Waals surface area contributed by atoms with E-state index in [0.29, 0.717) is 29.7 Å². The van der Waals surface area contributed by atoms with Gasteiger partial charge in [0.2, 0.25) is 17.6 Å². The minimum Gasteiger partial charge on any atom is -0.493 e. The molecule has 0 bridgehead atoms. The third-order valence-electron chi connectivity index (χ3n) is 8.81. The van der Waals surface area contributed by atoms with E-state index in [1.807, 2.05) is 42.6 Å². The van der Waals surface area contributed by atoms with E-state index in [9.17, 15) is 9.59 Å². The molecule has 232 valence electrons. The highest BCUT2D eigenvalue weighted by Crippen LogP contribution is 2.38. The van der Waals surface area contributed by atoms with E-state index in [-0.39, 0.29) is 24.9 Å². The molecular weight excluding hydrogens is 546 g/mol. The second kappa shape index (κ2) is 14.6. The summed E-state index contributed by atoms with van der Waals surface area (Å²) in [6, 6.07) is 11.6. The van der Waals surface area contributed by atoms with Gasteiger partial charge in [0.05, 0.1) is 27.9 Å². The first-order valence-corrected chi connectivity index (χ1v) is 15.4. The Morgan fingerprint density at radius 2 is 1.65 bits per heavy atom. The third-order valence-corrected chi connectivity index (χ3v) is 8.81. The largest absolute Gasteiger partial charge is 0.493 e. The zero-order valence-electron chi connectivity index (χ0n) is 25.6. The van der Waals surface area contributed by atoms with Gasteiger partial charge in [0.25, 0.3) is 0 Å². The van der Waals surface area contributed by atoms with E-state index < -0.39 is 6.04 Å². The van der Waals surface area contributed by atoms with Crippen molar-refractivity contribution in [2.75, 3.05) is 54.1 Å². The molecule has 43 heavy (non-hydrogen) atoms. The minimum absolute atomic E-state index is 0.140. The summed E-state index contributed by atoms with van der Waals surface area (Å²) < 4.78 is 16.3. The first-order valence-electron chi connectivity index (χ1n) is 15.4. The van der Waals surface area contributed by atoms with Gasteiger partial charge < -0.3 is 29.8 Å². The lowest BCUT2D eigenvalue weighted by atomic mass is 9.94. The molecule has 1 saturated carbocycles. The zero-order valence-corrected chi connectivity index (χ0v) is 25.6. The van der Waals surface area contributed by atoms with Gasteiger partial charge in [0.1, 0.15) is 6.04 Å². The fourth-order valence-electron chi connectivity index (χ4n) is 6.46. The molecule has 1 aliphatic carbocycles. The number of rotatable bonds is 12. The maximum atomic E-state index is 13.6. The predicted octanol–water partition coefficient (Wildman–Crippen LogP) is 3.49. The van der Waals surface area contributed by atoms with Gasteiger partial charge in [-0.3, -0.25) is 19.4 Å². The Labute approximate surface area is 254 Å². The number of hydrogen-bond donors (Lipinski definition) is 3. The average Bonchev–Trinajstić information content (AvgIpc) is 3.46. The number of hydrogen-bond acceptors (Lipinski definition) is 7. The Morgan fingerprint density at radius 3 is 2.33 bits per heavy atom. The summed E-state index contributed by atoms with van der Waals surface area (Å²) >= 11 is 0. The van der Waals surface area contributed by atoms with E-state index in [1.54, 1.807) is 21.3 Å². The van der Waals surface area contributed by atoms with Crippen molar-refractivity contribution in [3.63, 3.8) is 0 Å². The number of fused-ring (bicyclic) bond motifs is 1. The number of ether oxygens (including phenoxy) is 3. The number of aromatic nitrogens is 1. The molecule has 2 amide bonds. The number of carbonyl (C=O) groups is 2. The van der Waals surface area contributed by atoms with E-state index >= 15 is 0 Å². The fourth-order valence-corrected chi connectivity index (χ4v) is 6.46. The Kier molecular flexibility index (Phi) is 10.4. The molecule has 0 radical (unpaired) electrons. The van der Waals surface area contributed by atoms with Crippen LogP contribution in [-0.4, -0.2) is 92.7 Å². The summed E-state index contributed by atoms with van der Waals surface area (Å²) in [5.74, 6) is 1.12. The van der Waals surface area contributed by atoms with Crippen LogP contribution < -0.4 is 24.8 Å². The lowest BCUT2D eigenvalue weighted by Gasteiger charge is -2.40. The van der Waals surface area contributed by atoms with Crippen molar-refractivity contribution >= 4 is 22.7 Å². The molecule has 0 spiro atoms. The number of methoxy groups -OCH3 is 3. The summed E-state index contributed by atoms with van der Waals surface area (Å²) in [5, 5.41) is 7.11. The quantitative estimate of drug-likeness (QED) is 0.296. The summed E-state index contributed by atoms with van der Waals surface area (Å²) in [5.41, 5.74) is 2.76. The van der Waals surface area contributed by atoms with Gasteiger partial charge in [0.15, 0.2) is 11.5 Å². The highest BCUT2D eigenvalue weighted by atomic mass is 16.5. The van der Waals surface area contributed by atoms with Crippen LogP contribution in [0.3, 0.4) is 0 Å². The topological polar surface area (TPSA) is 108 Å². The standard InChI is InChI=1S/C33H45N5O5/c1-41-29-17-23(18-30(42-2)32(29)43-3)20-35-33(40)28(19-24-21-34-27-12-8-7-11-26(24)27)36-31(39)22-37-13-15-38(16-14-37)25-9-5-4-6-10-25/h7-8,11-12,17-18,21,25,28,34H,4-6,9-10,13-16,19-20,22H2,1-3H3,(H,35,40)(H,36,39). The molecular formula is C33H45N5O5. The van der Waals surface area contributed by atoms with Crippen LogP contribution in [0.15, 0.2) is 42.6 Å². The number of para-hydroxylation sites is 1. The molecule has 1 aromatic heterocycles. The number of benzene rings is 2. The van der Waals surface area contributed by atoms with E-state index in [4.69, 9.17) is 14.2 Å². The molecule has 10 nitrogen and oxygen atoms in total. The summed E-state index contributed by atoms with van der Waals surface area (Å²) in [4.78, 5) is 35.0. The Hall–Kier alpha value is -3.76. The Morgan fingerprint density at radius 1 is 0.953 bits per heavy atom. The average molecular weight is 592 g/mol. The van der Waals surface area contributed by atoms with Crippen LogP contribution in [0, 0.1) is 0 Å². The van der Waals surface area contributed by atoms with Crippen molar-refractivity contribution in [3.05, 3.63) is 53.7 Å². The maximum absolute atomic E-state index is 13.6. The van der Waals surface area contributed by atoms with E-state index in [0.717, 1.165) is 48.2 Å². The van der Waals surface area contributed by atoms with Crippen molar-refractivity contribution in [2.24, 2.45) is 0 Å². The van der Waals surface area contributed by atoms with E-state index in [1.165, 1.54) is 32.1 Å². The van der Waals surface area contributed by atoms with Gasteiger partial charge in [-0.25, -0.2) is 0 Å². The van der Waals surface area contributed by atoms with Crippen LogP contribution in [0.4, 0.5) is 0 Å². The van der Waals surface area contributed by atoms with Crippen molar-refractivity contribution in [1.82, 2.24) is 25.4 Å². The monoisotopic (exact) mass is 591 g/mol. The lowest BCUT2D eigenvalue weighted by Crippen LogP contribution is -2.54. The van der Waals surface area contributed by atoms with Gasteiger partial charge in [-0.2, -0.15) is 0 Å². The molecule has 3 N–H and O–H groups in total. The van der Waals surface area contributed by atoms with E-state index in [2.05, 4.69) is 25.4 Å². The highest BCUT2D eigenvalue weighted by Gasteiger charge is 2.28. The van der Waals surface area contributed by atoms with Gasteiger partial charge in [-0.05, 0) is 42.2 Å². The number of carbonyl (C=O) groups excluding carboxylic acids is 2. The highest BCUT2D eigenvalue weighted by molar-refractivity contribution is 5.90. The van der Waals surface area contributed by atoms with Crippen LogP contribution in [0.1, 0.15) is 43.2 Å². The summed E-state index contributed by atoms with van der Waals surface area (Å²) in [6.07, 6.45) is 8.88. The Bertz CT molecular complexity index is 1350. The van der Waals surface area contributed by atoms with Crippen molar-refractivity contribution in [2.45, 2.75) is 57.2 Å². The van der Waals surface area contributed by atoms with Gasteiger partial charge >= 0.3 is 0 Å². The minimum atomic E-state index is -0.739. The first kappa shape index (κ1) is 30.7. The molecule has 2 heterocycles. The van der Waals surface area contributed by atoms with Crippen molar-refractivity contribution < 1.29 is 23.8 Å². The second-order valence-corrected chi connectivity index (χ2v) is 11.5. The summed E-state index contributed by atoms with van der Waals surface area (Å²) in [6.45, 7) is 4.23. The van der Waals surface area contributed by atoms with Gasteiger partial charge in [0, 0.05) is 62.3 Å². The van der Waals surface area contributed by atoms with Crippen molar-refractivity contribution in [1.29, 1.82) is 0 Å². The third kappa shape index (κ3) is 7.61. The number of piperazine rings is 1. The van der Waals surface area contributed by atoms with Crippen LogP contribution in [0.25, 0.3) is 10.9 Å². The van der Waals surface area contributed by atoms with Crippen LogP contribution >= 0.6 is 0 Å². The number of nitrogens with one attached hydrogen (secondary N) is 3. The summed E-state index contributed by atoms with van der Waals surface area (Å²) in [7, 11) is 4.67. The molecule has 2 aromatic carbocycles. The molecule has 1 unspecified atom stereocenters.